The molecule has 4 N–H and O–H groups in total. The lowest BCUT2D eigenvalue weighted by Crippen LogP contribution is -2.59. The number of amidine groups is 1. The maximum atomic E-state index is 13.9. The number of phenols is 1. The first-order valence-electron chi connectivity index (χ1n) is 12.3. The standard InChI is InChI=1S/C29H26F4N4O3/c1-3-37-26(35-21-8-5-9-22(38)15-21)23(16(2)34)24(17-10-12-20(30)13-11-17)25(28(37)40)36-27(39)18-6-4-7-19(14-18)29(31,32)33/h4-15,24-25,38H,3,34H2,1-2H3,(H,36,39)/b23-16-,35-26?. The summed E-state index contributed by atoms with van der Waals surface area (Å²) in [5, 5.41) is 12.5. The number of hydrogen-bond donors (Lipinski definition) is 3. The van der Waals surface area contributed by atoms with Crippen molar-refractivity contribution in [2.24, 2.45) is 10.7 Å². The number of likely N-dealkylation sites (tertiary alicyclic amines) is 1. The molecule has 2 amide bonds. The first kappa shape index (κ1) is 28.3. The van der Waals surface area contributed by atoms with Gasteiger partial charge >= 0.3 is 6.18 Å². The Morgan fingerprint density at radius 2 is 1.75 bits per heavy atom. The smallest absolute Gasteiger partial charge is 0.416 e. The van der Waals surface area contributed by atoms with Crippen LogP contribution in [0.5, 0.6) is 5.75 Å². The lowest BCUT2D eigenvalue weighted by atomic mass is 9.79. The van der Waals surface area contributed by atoms with Crippen LogP contribution in [-0.2, 0) is 11.0 Å². The molecule has 40 heavy (non-hydrogen) atoms. The highest BCUT2D eigenvalue weighted by atomic mass is 19.4. The Hall–Kier alpha value is -4.67. The molecule has 3 aromatic rings. The Morgan fingerprint density at radius 3 is 2.35 bits per heavy atom. The number of rotatable bonds is 5. The molecule has 3 aromatic carbocycles. The van der Waals surface area contributed by atoms with E-state index in [2.05, 4.69) is 10.3 Å². The second kappa shape index (κ2) is 11.2. The second-order valence-electron chi connectivity index (χ2n) is 9.19. The van der Waals surface area contributed by atoms with Crippen LogP contribution in [0.3, 0.4) is 0 Å². The molecule has 0 saturated carbocycles. The number of aromatic hydroxyl groups is 1. The van der Waals surface area contributed by atoms with Gasteiger partial charge in [-0.2, -0.15) is 13.2 Å². The number of amides is 2. The third-order valence-corrected chi connectivity index (χ3v) is 6.45. The average Bonchev–Trinajstić information content (AvgIpc) is 2.90. The zero-order valence-corrected chi connectivity index (χ0v) is 21.5. The third-order valence-electron chi connectivity index (χ3n) is 6.45. The Bertz CT molecular complexity index is 1500. The maximum Gasteiger partial charge on any atom is 0.416 e. The van der Waals surface area contributed by atoms with Gasteiger partial charge in [0.2, 0.25) is 0 Å². The highest BCUT2D eigenvalue weighted by Gasteiger charge is 2.45. The zero-order chi connectivity index (χ0) is 29.2. The molecule has 0 bridgehead atoms. The summed E-state index contributed by atoms with van der Waals surface area (Å²) in [4.78, 5) is 33.0. The minimum atomic E-state index is -4.67. The molecule has 0 aromatic heterocycles. The van der Waals surface area contributed by atoms with E-state index in [1.807, 2.05) is 0 Å². The van der Waals surface area contributed by atoms with Crippen molar-refractivity contribution in [3.8, 4) is 5.75 Å². The number of halogens is 4. The van der Waals surface area contributed by atoms with Crippen molar-refractivity contribution >= 4 is 23.3 Å². The monoisotopic (exact) mass is 554 g/mol. The van der Waals surface area contributed by atoms with Crippen LogP contribution in [-0.4, -0.2) is 40.2 Å². The van der Waals surface area contributed by atoms with E-state index in [-0.39, 0.29) is 29.4 Å². The molecule has 7 nitrogen and oxygen atoms in total. The number of carbonyl (C=O) groups is 2. The SMILES string of the molecule is CCN1C(=O)C(NC(=O)c2cccc(C(F)(F)F)c2)C(c2ccc(F)cc2)/C(=C(\C)N)C1=Nc1cccc(O)c1. The van der Waals surface area contributed by atoms with Crippen molar-refractivity contribution in [2.45, 2.75) is 32.0 Å². The number of phenolic OH excluding ortho intramolecular Hbond substituents is 1. The molecule has 208 valence electrons. The normalized spacial score (nSPS) is 20.0. The van der Waals surface area contributed by atoms with Gasteiger partial charge in [-0.15, -0.1) is 0 Å². The first-order chi connectivity index (χ1) is 18.9. The van der Waals surface area contributed by atoms with Crippen LogP contribution >= 0.6 is 0 Å². The molecule has 11 heteroatoms. The van der Waals surface area contributed by atoms with Crippen molar-refractivity contribution in [3.05, 3.63) is 107 Å². The summed E-state index contributed by atoms with van der Waals surface area (Å²) in [6, 6.07) is 13.8. The molecule has 0 aliphatic carbocycles. The summed E-state index contributed by atoms with van der Waals surface area (Å²) >= 11 is 0. The minimum Gasteiger partial charge on any atom is -0.508 e. The van der Waals surface area contributed by atoms with Crippen LogP contribution < -0.4 is 11.1 Å². The van der Waals surface area contributed by atoms with E-state index in [0.29, 0.717) is 22.9 Å². The van der Waals surface area contributed by atoms with E-state index in [0.717, 1.165) is 12.1 Å². The number of nitrogens with zero attached hydrogens (tertiary/aromatic N) is 2. The van der Waals surface area contributed by atoms with Gasteiger partial charge in [-0.05, 0) is 61.9 Å². The Morgan fingerprint density at radius 1 is 1.07 bits per heavy atom. The molecular weight excluding hydrogens is 528 g/mol. The minimum absolute atomic E-state index is 0.0525. The van der Waals surface area contributed by atoms with Crippen LogP contribution in [0.2, 0.25) is 0 Å². The van der Waals surface area contributed by atoms with Gasteiger partial charge in [0.05, 0.1) is 11.3 Å². The van der Waals surface area contributed by atoms with E-state index in [1.54, 1.807) is 26.0 Å². The van der Waals surface area contributed by atoms with Crippen LogP contribution in [0, 0.1) is 5.82 Å². The van der Waals surface area contributed by atoms with Gasteiger partial charge < -0.3 is 16.2 Å². The fourth-order valence-corrected chi connectivity index (χ4v) is 4.63. The fraction of sp³-hybridized carbons (Fsp3) is 0.207. The van der Waals surface area contributed by atoms with E-state index in [9.17, 15) is 32.3 Å². The molecule has 2 atom stereocenters. The molecule has 2 unspecified atom stereocenters. The number of nitrogens with one attached hydrogen (secondary N) is 1. The quantitative estimate of drug-likeness (QED) is 0.374. The highest BCUT2D eigenvalue weighted by molar-refractivity contribution is 6.15. The molecule has 1 aliphatic rings. The van der Waals surface area contributed by atoms with Gasteiger partial charge in [0.15, 0.2) is 0 Å². The van der Waals surface area contributed by atoms with Crippen LogP contribution in [0.15, 0.2) is 89.1 Å². The van der Waals surface area contributed by atoms with Gasteiger partial charge in [0.25, 0.3) is 11.8 Å². The predicted molar refractivity (Wildman–Crippen MR) is 141 cm³/mol. The van der Waals surface area contributed by atoms with Gasteiger partial charge in [0, 0.05) is 35.4 Å². The van der Waals surface area contributed by atoms with Crippen molar-refractivity contribution < 1.29 is 32.3 Å². The number of piperidine rings is 1. The lowest BCUT2D eigenvalue weighted by molar-refractivity contribution is -0.137. The number of alkyl halides is 3. The summed E-state index contributed by atoms with van der Waals surface area (Å²) in [6.07, 6.45) is -4.67. The summed E-state index contributed by atoms with van der Waals surface area (Å²) < 4.78 is 53.7. The summed E-state index contributed by atoms with van der Waals surface area (Å²) in [6.45, 7) is 3.38. The van der Waals surface area contributed by atoms with Crippen molar-refractivity contribution in [2.75, 3.05) is 6.54 Å². The number of allylic oxidation sites excluding steroid dienone is 1. The Balaban J connectivity index is 1.86. The molecule has 0 spiro atoms. The van der Waals surface area contributed by atoms with Gasteiger partial charge in [-0.3, -0.25) is 14.5 Å². The fourth-order valence-electron chi connectivity index (χ4n) is 4.63. The van der Waals surface area contributed by atoms with E-state index in [1.165, 1.54) is 47.4 Å². The van der Waals surface area contributed by atoms with E-state index in [4.69, 9.17) is 5.73 Å². The molecule has 1 heterocycles. The number of hydrogen-bond acceptors (Lipinski definition) is 5. The zero-order valence-electron chi connectivity index (χ0n) is 21.5. The van der Waals surface area contributed by atoms with E-state index >= 15 is 0 Å². The van der Waals surface area contributed by atoms with Crippen LogP contribution in [0.4, 0.5) is 23.2 Å². The summed E-state index contributed by atoms with van der Waals surface area (Å²) in [5.41, 5.74) is 6.37. The van der Waals surface area contributed by atoms with E-state index < -0.39 is 41.3 Å². The molecule has 1 aliphatic heterocycles. The second-order valence-corrected chi connectivity index (χ2v) is 9.19. The number of benzene rings is 3. The average molecular weight is 555 g/mol. The molecule has 0 radical (unpaired) electrons. The molecule has 1 fully saturated rings. The highest BCUT2D eigenvalue weighted by Crippen LogP contribution is 2.38. The predicted octanol–water partition coefficient (Wildman–Crippen LogP) is 5.26. The first-order valence-corrected chi connectivity index (χ1v) is 12.3. The van der Waals surface area contributed by atoms with Crippen molar-refractivity contribution in [1.29, 1.82) is 0 Å². The number of nitrogens with two attached hydrogens (primary N) is 1. The van der Waals surface area contributed by atoms with Crippen LogP contribution in [0.25, 0.3) is 0 Å². The Kier molecular flexibility index (Phi) is 7.94. The van der Waals surface area contributed by atoms with Gasteiger partial charge in [-0.1, -0.05) is 24.3 Å². The van der Waals surface area contributed by atoms with Crippen LogP contribution in [0.1, 0.15) is 41.3 Å². The lowest BCUT2D eigenvalue weighted by Gasteiger charge is -2.41. The number of likely N-dealkylation sites (N-methyl/N-ethyl adjacent to an activating group) is 1. The van der Waals surface area contributed by atoms with Gasteiger partial charge in [0.1, 0.15) is 23.4 Å². The Labute approximate surface area is 227 Å². The number of aliphatic imine (C=N–C) groups is 1. The molecule has 1 saturated heterocycles. The van der Waals surface area contributed by atoms with Crippen molar-refractivity contribution in [3.63, 3.8) is 0 Å². The summed E-state index contributed by atoms with van der Waals surface area (Å²) in [7, 11) is 0. The largest absolute Gasteiger partial charge is 0.508 e. The molecule has 4 rings (SSSR count). The van der Waals surface area contributed by atoms with Crippen molar-refractivity contribution in [1.82, 2.24) is 10.2 Å². The third kappa shape index (κ3) is 5.83. The maximum absolute atomic E-state index is 13.9. The molecular formula is C29H26F4N4O3. The van der Waals surface area contributed by atoms with Gasteiger partial charge in [-0.25, -0.2) is 9.38 Å². The number of carbonyl (C=O) groups excluding carboxylic acids is 2. The topological polar surface area (TPSA) is 108 Å². The summed E-state index contributed by atoms with van der Waals surface area (Å²) in [5.74, 6) is -2.89.